The summed E-state index contributed by atoms with van der Waals surface area (Å²) in [6, 6.07) is 16.1. The van der Waals surface area contributed by atoms with Crippen LogP contribution in [-0.2, 0) is 17.1 Å². The number of ether oxygens (including phenoxy) is 1. The van der Waals surface area contributed by atoms with E-state index in [0.29, 0.717) is 0 Å². The molecule has 0 spiro atoms. The summed E-state index contributed by atoms with van der Waals surface area (Å²) < 4.78 is 29.3. The van der Waals surface area contributed by atoms with Crippen LogP contribution in [0.15, 0.2) is 54.6 Å². The van der Waals surface area contributed by atoms with Crippen LogP contribution in [-0.4, -0.2) is 42.6 Å². The van der Waals surface area contributed by atoms with Crippen LogP contribution in [0.5, 0.6) is 0 Å². The van der Waals surface area contributed by atoms with Crippen molar-refractivity contribution in [2.45, 2.75) is 40.5 Å². The van der Waals surface area contributed by atoms with Gasteiger partial charge in [-0.3, -0.25) is 0 Å². The van der Waals surface area contributed by atoms with Crippen LogP contribution in [0.4, 0.5) is 5.69 Å². The van der Waals surface area contributed by atoms with E-state index in [1.54, 1.807) is 6.07 Å². The summed E-state index contributed by atoms with van der Waals surface area (Å²) in [6.07, 6.45) is 2.28. The van der Waals surface area contributed by atoms with Crippen LogP contribution < -0.4 is 9.67 Å². The van der Waals surface area contributed by atoms with Crippen LogP contribution in [0.3, 0.4) is 0 Å². The van der Waals surface area contributed by atoms with Crippen molar-refractivity contribution in [1.82, 2.24) is 0 Å². The quantitative estimate of drug-likeness (QED) is 0.248. The monoisotopic (exact) mass is 469 g/mol. The standard InChI is InChI=1S/C8H10AsNO5.C7H8.C6H14O/c1-6(11)10-8-5-3-2-4-7(8)9(12,13)15-14;1-7-5-3-2-4-6-7;1-3-5-7-6-4-2/h2-5,14H,1H3,(H,10,11)(H,12,13);2-6H,1H3;3-6H2,1-2H3. The number of hydrogen-bond acceptors (Lipinski definition) is 5. The first kappa shape index (κ1) is 27.1. The molecule has 29 heavy (non-hydrogen) atoms. The summed E-state index contributed by atoms with van der Waals surface area (Å²) in [5.41, 5.74) is 1.48. The zero-order valence-corrected chi connectivity index (χ0v) is 19.4. The fourth-order valence-electron chi connectivity index (χ4n) is 1.98. The maximum absolute atomic E-state index is 11.4. The van der Waals surface area contributed by atoms with Gasteiger partial charge in [0.25, 0.3) is 0 Å². The van der Waals surface area contributed by atoms with Gasteiger partial charge in [0.15, 0.2) is 0 Å². The largest absolute Gasteiger partial charge is 0.381 e. The molecule has 0 saturated carbocycles. The summed E-state index contributed by atoms with van der Waals surface area (Å²) in [5.74, 6) is -0.379. The number of aryl methyl sites for hydroxylation is 1. The number of amides is 1. The molecule has 3 N–H and O–H groups in total. The van der Waals surface area contributed by atoms with Crippen LogP contribution >= 0.6 is 0 Å². The molecule has 0 aliphatic rings. The van der Waals surface area contributed by atoms with Crippen LogP contribution in [0.1, 0.15) is 39.2 Å². The first-order valence-corrected chi connectivity index (χ1v) is 12.7. The summed E-state index contributed by atoms with van der Waals surface area (Å²) in [6.45, 7) is 9.44. The molecule has 0 aliphatic carbocycles. The van der Waals surface area contributed by atoms with Crippen molar-refractivity contribution < 1.29 is 26.5 Å². The Hall–Kier alpha value is -1.89. The minimum absolute atomic E-state index is 0.103. The molecule has 2 aromatic rings. The van der Waals surface area contributed by atoms with Crippen molar-refractivity contribution >= 4 is 30.1 Å². The number of carbonyl (C=O) groups excluding carboxylic acids is 1. The van der Waals surface area contributed by atoms with Gasteiger partial charge in [0.05, 0.1) is 0 Å². The van der Waals surface area contributed by atoms with Crippen molar-refractivity contribution in [3.05, 3.63) is 60.2 Å². The first-order valence-electron chi connectivity index (χ1n) is 9.41. The summed E-state index contributed by atoms with van der Waals surface area (Å²) >= 11 is -4.92. The van der Waals surface area contributed by atoms with Gasteiger partial charge in [-0.05, 0) is 19.8 Å². The second-order valence-electron chi connectivity index (χ2n) is 6.07. The van der Waals surface area contributed by atoms with Crippen molar-refractivity contribution in [3.8, 4) is 0 Å². The van der Waals surface area contributed by atoms with E-state index in [2.05, 4.69) is 42.1 Å². The summed E-state index contributed by atoms with van der Waals surface area (Å²) in [5, 5.41) is 10.7. The maximum Gasteiger partial charge on any atom is 0.0463 e. The number of benzene rings is 2. The smallest absolute Gasteiger partial charge is 0.0463 e. The molecule has 1 amide bonds. The predicted octanol–water partition coefficient (Wildman–Crippen LogP) is 3.52. The molecule has 0 heterocycles. The molecule has 1 atom stereocenters. The molecule has 0 radical (unpaired) electrons. The summed E-state index contributed by atoms with van der Waals surface area (Å²) in [4.78, 5) is 10.8. The van der Waals surface area contributed by atoms with E-state index in [-0.39, 0.29) is 15.9 Å². The number of hydrogen-bond donors (Lipinski definition) is 3. The number of anilines is 1. The molecule has 1 unspecified atom stereocenters. The minimum Gasteiger partial charge on any atom is -0.381 e. The third kappa shape index (κ3) is 13.0. The fourth-order valence-corrected chi connectivity index (χ4v) is 3.66. The van der Waals surface area contributed by atoms with Gasteiger partial charge in [-0.15, -0.1) is 0 Å². The molecule has 0 saturated heterocycles. The van der Waals surface area contributed by atoms with Gasteiger partial charge in [0.2, 0.25) is 0 Å². The fraction of sp³-hybridized carbons (Fsp3) is 0.381. The second kappa shape index (κ2) is 16.0. The molecule has 7 nitrogen and oxygen atoms in total. The van der Waals surface area contributed by atoms with Gasteiger partial charge in [0.1, 0.15) is 0 Å². The van der Waals surface area contributed by atoms with Gasteiger partial charge in [-0.25, -0.2) is 0 Å². The molecule has 2 aromatic carbocycles. The molecule has 0 aromatic heterocycles. The number of carbonyl (C=O) groups is 1. The number of rotatable bonds is 7. The average molecular weight is 469 g/mol. The Balaban J connectivity index is 0.000000465. The van der Waals surface area contributed by atoms with E-state index < -0.39 is 14.2 Å². The van der Waals surface area contributed by atoms with Gasteiger partial charge < -0.3 is 4.74 Å². The van der Waals surface area contributed by atoms with Crippen molar-refractivity contribution in [2.24, 2.45) is 0 Å². The topological polar surface area (TPSA) is 105 Å². The normalized spacial score (nSPS) is 11.8. The maximum atomic E-state index is 11.4. The third-order valence-corrected chi connectivity index (χ3v) is 5.83. The minimum atomic E-state index is -4.92. The van der Waals surface area contributed by atoms with Crippen LogP contribution in [0.25, 0.3) is 0 Å². The van der Waals surface area contributed by atoms with Crippen molar-refractivity contribution in [2.75, 3.05) is 18.5 Å². The number of para-hydroxylation sites is 1. The van der Waals surface area contributed by atoms with E-state index in [1.807, 2.05) is 18.2 Å². The Bertz CT molecular complexity index is 735. The van der Waals surface area contributed by atoms with Gasteiger partial charge in [0, 0.05) is 13.2 Å². The zero-order chi connectivity index (χ0) is 22.1. The predicted molar refractivity (Wildman–Crippen MR) is 115 cm³/mol. The van der Waals surface area contributed by atoms with E-state index in [9.17, 15) is 12.6 Å². The molecule has 8 heteroatoms. The molecule has 2 rings (SSSR count). The van der Waals surface area contributed by atoms with E-state index in [1.165, 1.54) is 30.7 Å². The van der Waals surface area contributed by atoms with E-state index in [0.717, 1.165) is 26.1 Å². The SMILES string of the molecule is CC(=O)Nc1ccccc1[As](=O)(O)OO.CCCOCCC.Cc1ccccc1. The Morgan fingerprint density at radius 1 is 1.00 bits per heavy atom. The molecular weight excluding hydrogens is 437 g/mol. The first-order chi connectivity index (χ1) is 13.8. The molecule has 0 aliphatic heterocycles. The van der Waals surface area contributed by atoms with Gasteiger partial charge in [-0.1, -0.05) is 49.7 Å². The van der Waals surface area contributed by atoms with E-state index in [4.69, 9.17) is 9.99 Å². The molecule has 0 bridgehead atoms. The molecular formula is C21H32AsNO6. The Morgan fingerprint density at radius 3 is 1.93 bits per heavy atom. The van der Waals surface area contributed by atoms with Crippen LogP contribution in [0.2, 0.25) is 0 Å². The van der Waals surface area contributed by atoms with Crippen LogP contribution in [0, 0.1) is 6.92 Å². The Kier molecular flexibility index (Phi) is 14.9. The average Bonchev–Trinajstić information content (AvgIpc) is 2.70. The van der Waals surface area contributed by atoms with Crippen molar-refractivity contribution in [1.29, 1.82) is 0 Å². The van der Waals surface area contributed by atoms with Crippen molar-refractivity contribution in [3.63, 3.8) is 0 Å². The van der Waals surface area contributed by atoms with E-state index >= 15 is 0 Å². The number of nitrogens with one attached hydrogen (secondary N) is 1. The molecule has 162 valence electrons. The molecule has 0 fully saturated rings. The Morgan fingerprint density at radius 2 is 1.52 bits per heavy atom. The van der Waals surface area contributed by atoms with Gasteiger partial charge >= 0.3 is 88.4 Å². The van der Waals surface area contributed by atoms with Gasteiger partial charge in [-0.2, -0.15) is 0 Å². The third-order valence-electron chi connectivity index (χ3n) is 3.27. The Labute approximate surface area is 176 Å². The zero-order valence-electron chi connectivity index (χ0n) is 17.5. The second-order valence-corrected chi connectivity index (χ2v) is 9.60. The summed E-state index contributed by atoms with van der Waals surface area (Å²) in [7, 11) is 0.